The quantitative estimate of drug-likeness (QED) is 0.535. The van der Waals surface area contributed by atoms with E-state index in [2.05, 4.69) is 84.9 Å². The third-order valence-corrected chi connectivity index (χ3v) is 6.61. The highest BCUT2D eigenvalue weighted by molar-refractivity contribution is 7.99. The molecule has 2 nitrogen and oxygen atoms in total. The number of nitrogens with zero attached hydrogens (tertiary/aromatic N) is 2. The van der Waals surface area contributed by atoms with E-state index in [-0.39, 0.29) is 0 Å². The van der Waals surface area contributed by atoms with Gasteiger partial charge in [0.1, 0.15) is 0 Å². The van der Waals surface area contributed by atoms with Gasteiger partial charge in [-0.1, -0.05) is 60.8 Å². The molecule has 0 radical (unpaired) electrons. The van der Waals surface area contributed by atoms with Crippen LogP contribution >= 0.6 is 11.9 Å². The molecular weight excluding hydrogens is 348 g/mol. The third kappa shape index (κ3) is 5.76. The first-order valence-electron chi connectivity index (χ1n) is 10.2. The van der Waals surface area contributed by atoms with Crippen LogP contribution in [0.4, 0.5) is 5.69 Å². The van der Waals surface area contributed by atoms with Gasteiger partial charge in [0.25, 0.3) is 0 Å². The molecule has 146 valence electrons. The summed E-state index contributed by atoms with van der Waals surface area (Å²) in [6.07, 6.45) is 5.86. The van der Waals surface area contributed by atoms with Crippen molar-refractivity contribution >= 4 is 17.6 Å². The van der Waals surface area contributed by atoms with E-state index >= 15 is 0 Å². The number of hydrogen-bond acceptors (Lipinski definition) is 3. The lowest BCUT2D eigenvalue weighted by atomic mass is 9.97. The molecular formula is C24H34N2S. The van der Waals surface area contributed by atoms with Crippen LogP contribution in [0.1, 0.15) is 42.4 Å². The summed E-state index contributed by atoms with van der Waals surface area (Å²) in [5.41, 5.74) is 5.65. The van der Waals surface area contributed by atoms with E-state index in [1.165, 1.54) is 61.3 Å². The largest absolute Gasteiger partial charge is 0.320 e. The van der Waals surface area contributed by atoms with E-state index in [1.807, 2.05) is 0 Å². The molecule has 27 heavy (non-hydrogen) atoms. The molecule has 1 fully saturated rings. The van der Waals surface area contributed by atoms with Crippen LogP contribution in [-0.4, -0.2) is 37.8 Å². The minimum Gasteiger partial charge on any atom is -0.320 e. The molecule has 0 spiro atoms. The van der Waals surface area contributed by atoms with Crippen LogP contribution in [0.5, 0.6) is 0 Å². The lowest BCUT2D eigenvalue weighted by molar-refractivity contribution is 0.277. The molecule has 0 saturated carbocycles. The van der Waals surface area contributed by atoms with E-state index in [0.29, 0.717) is 0 Å². The third-order valence-electron chi connectivity index (χ3n) is 5.86. The highest BCUT2D eigenvalue weighted by Gasteiger charge is 2.24. The molecule has 0 aromatic heterocycles. The Morgan fingerprint density at radius 2 is 1.96 bits per heavy atom. The predicted molar refractivity (Wildman–Crippen MR) is 121 cm³/mol. The Bertz CT molecular complexity index is 713. The number of hydrogen-bond donors (Lipinski definition) is 0. The number of anilines is 1. The van der Waals surface area contributed by atoms with Crippen molar-refractivity contribution in [2.45, 2.75) is 39.0 Å². The lowest BCUT2D eigenvalue weighted by Gasteiger charge is -2.21. The first kappa shape index (κ1) is 20.3. The van der Waals surface area contributed by atoms with Gasteiger partial charge in [0.2, 0.25) is 0 Å². The minimum atomic E-state index is 0.720. The Kier molecular flexibility index (Phi) is 7.26. The molecule has 1 aliphatic heterocycles. The summed E-state index contributed by atoms with van der Waals surface area (Å²) in [5, 5.41) is 0. The first-order valence-corrected chi connectivity index (χ1v) is 11.4. The highest BCUT2D eigenvalue weighted by atomic mass is 32.2. The number of rotatable bonds is 8. The molecule has 1 heterocycles. The summed E-state index contributed by atoms with van der Waals surface area (Å²) >= 11 is 1.75. The van der Waals surface area contributed by atoms with Crippen LogP contribution in [0.25, 0.3) is 0 Å². The van der Waals surface area contributed by atoms with Crippen molar-refractivity contribution in [3.63, 3.8) is 0 Å². The van der Waals surface area contributed by atoms with E-state index < -0.39 is 0 Å². The monoisotopic (exact) mass is 382 g/mol. The van der Waals surface area contributed by atoms with Crippen LogP contribution in [0.2, 0.25) is 0 Å². The minimum absolute atomic E-state index is 0.720. The van der Waals surface area contributed by atoms with Gasteiger partial charge in [-0.25, -0.2) is 0 Å². The predicted octanol–water partition coefficient (Wildman–Crippen LogP) is 5.77. The number of benzene rings is 2. The van der Waals surface area contributed by atoms with Crippen LogP contribution in [0, 0.1) is 12.8 Å². The Hall–Kier alpha value is -1.45. The Morgan fingerprint density at radius 3 is 2.67 bits per heavy atom. The topological polar surface area (TPSA) is 6.48 Å². The standard InChI is InChI=1S/C24H34N2S/c1-19-6-5-7-22(16-19)23-14-15-26(18-23)17-20(2)8-9-21-10-12-24(13-11-21)25(3)27-4/h5-7,10-13,16,20,23H,8-9,14-15,17-18H2,1-4H3. The van der Waals surface area contributed by atoms with Crippen molar-refractivity contribution in [3.05, 3.63) is 65.2 Å². The second-order valence-corrected chi connectivity index (χ2v) is 9.06. The molecule has 2 aromatic carbocycles. The molecule has 0 aliphatic carbocycles. The SMILES string of the molecule is CSN(C)c1ccc(CCC(C)CN2CCC(c3cccc(C)c3)C2)cc1. The average Bonchev–Trinajstić information content (AvgIpc) is 3.14. The van der Waals surface area contributed by atoms with Crippen molar-refractivity contribution < 1.29 is 0 Å². The lowest BCUT2D eigenvalue weighted by Crippen LogP contribution is -2.26. The molecule has 2 aromatic rings. The van der Waals surface area contributed by atoms with Gasteiger partial charge in [-0.2, -0.15) is 0 Å². The Balaban J connectivity index is 1.44. The van der Waals surface area contributed by atoms with E-state index in [9.17, 15) is 0 Å². The Morgan fingerprint density at radius 1 is 1.19 bits per heavy atom. The van der Waals surface area contributed by atoms with Crippen LogP contribution in [-0.2, 0) is 6.42 Å². The van der Waals surface area contributed by atoms with Gasteiger partial charge in [0.15, 0.2) is 0 Å². The maximum absolute atomic E-state index is 2.67. The molecule has 2 unspecified atom stereocenters. The van der Waals surface area contributed by atoms with Crippen LogP contribution in [0.3, 0.4) is 0 Å². The summed E-state index contributed by atoms with van der Waals surface area (Å²) in [6.45, 7) is 8.32. The van der Waals surface area contributed by atoms with E-state index in [4.69, 9.17) is 0 Å². The molecule has 2 atom stereocenters. The zero-order chi connectivity index (χ0) is 19.2. The van der Waals surface area contributed by atoms with E-state index in [0.717, 1.165) is 11.8 Å². The number of likely N-dealkylation sites (tertiary alicyclic amines) is 1. The maximum atomic E-state index is 2.67. The molecule has 1 saturated heterocycles. The zero-order valence-corrected chi connectivity index (χ0v) is 18.1. The summed E-state index contributed by atoms with van der Waals surface area (Å²) < 4.78 is 2.20. The van der Waals surface area contributed by atoms with Crippen molar-refractivity contribution in [2.75, 3.05) is 37.2 Å². The molecule has 1 aliphatic rings. The molecule has 0 bridgehead atoms. The Labute approximate surface area is 170 Å². The summed E-state index contributed by atoms with van der Waals surface area (Å²) in [4.78, 5) is 2.67. The van der Waals surface area contributed by atoms with E-state index in [1.54, 1.807) is 11.9 Å². The highest BCUT2D eigenvalue weighted by Crippen LogP contribution is 2.28. The molecule has 3 heteroatoms. The van der Waals surface area contributed by atoms with Gasteiger partial charge in [0, 0.05) is 32.1 Å². The summed E-state index contributed by atoms with van der Waals surface area (Å²) in [5.74, 6) is 1.47. The fourth-order valence-corrected chi connectivity index (χ4v) is 4.45. The van der Waals surface area contributed by atoms with Gasteiger partial charge < -0.3 is 9.21 Å². The second kappa shape index (κ2) is 9.66. The smallest absolute Gasteiger partial charge is 0.0466 e. The molecule has 0 amide bonds. The van der Waals surface area contributed by atoms with Crippen molar-refractivity contribution in [3.8, 4) is 0 Å². The maximum Gasteiger partial charge on any atom is 0.0466 e. The number of aryl methyl sites for hydroxylation is 2. The zero-order valence-electron chi connectivity index (χ0n) is 17.3. The van der Waals surface area contributed by atoms with Gasteiger partial charge in [0.05, 0.1) is 0 Å². The average molecular weight is 383 g/mol. The molecule has 3 rings (SSSR count). The van der Waals surface area contributed by atoms with Crippen molar-refractivity contribution in [2.24, 2.45) is 5.92 Å². The summed E-state index contributed by atoms with van der Waals surface area (Å²) in [6, 6.07) is 18.1. The van der Waals surface area contributed by atoms with Gasteiger partial charge >= 0.3 is 0 Å². The van der Waals surface area contributed by atoms with Gasteiger partial charge in [-0.15, -0.1) is 0 Å². The first-order chi connectivity index (χ1) is 13.0. The normalized spacial score (nSPS) is 18.6. The molecule has 0 N–H and O–H groups in total. The summed E-state index contributed by atoms with van der Waals surface area (Å²) in [7, 11) is 2.11. The van der Waals surface area contributed by atoms with Gasteiger partial charge in [-0.3, -0.25) is 0 Å². The van der Waals surface area contributed by atoms with Crippen LogP contribution in [0.15, 0.2) is 48.5 Å². The van der Waals surface area contributed by atoms with Crippen molar-refractivity contribution in [1.82, 2.24) is 4.90 Å². The van der Waals surface area contributed by atoms with Crippen molar-refractivity contribution in [1.29, 1.82) is 0 Å². The van der Waals surface area contributed by atoms with Crippen LogP contribution < -0.4 is 4.31 Å². The fourth-order valence-electron chi connectivity index (χ4n) is 4.12. The van der Waals surface area contributed by atoms with Gasteiger partial charge in [-0.05, 0) is 67.8 Å². The fraction of sp³-hybridized carbons (Fsp3) is 0.500. The second-order valence-electron chi connectivity index (χ2n) is 8.15.